The lowest BCUT2D eigenvalue weighted by Crippen LogP contribution is -2.11. The summed E-state index contributed by atoms with van der Waals surface area (Å²) in [7, 11) is 0. The second-order valence-corrected chi connectivity index (χ2v) is 15.7. The maximum Gasteiger partial charge on any atom is 0.143 e. The molecular formula is C60H39NO. The van der Waals surface area contributed by atoms with Crippen LogP contribution in [0.15, 0.2) is 241 Å². The summed E-state index contributed by atoms with van der Waals surface area (Å²) in [5, 5.41) is 8.65. The van der Waals surface area contributed by atoms with E-state index in [0.29, 0.717) is 16.9 Å². The molecule has 0 saturated carbocycles. The number of rotatable bonds is 7. The molecule has 0 aliphatic heterocycles. The Hall–Kier alpha value is -8.20. The van der Waals surface area contributed by atoms with Gasteiger partial charge in [-0.15, -0.1) is 0 Å². The van der Waals surface area contributed by atoms with Crippen LogP contribution < -0.4 is 4.90 Å². The Morgan fingerprint density at radius 1 is 0.306 bits per heavy atom. The Morgan fingerprint density at radius 2 is 0.871 bits per heavy atom. The van der Waals surface area contributed by atoms with E-state index in [1.165, 1.54) is 5.39 Å². The van der Waals surface area contributed by atoms with E-state index in [4.69, 9.17) is 4.42 Å². The highest BCUT2D eigenvalue weighted by Crippen LogP contribution is 2.46. The Labute approximate surface area is 365 Å². The normalized spacial score (nSPS) is 12.5. The Kier molecular flexibility index (Phi) is 7.57. The highest BCUT2D eigenvalue weighted by molar-refractivity contribution is 6.17. The summed E-state index contributed by atoms with van der Waals surface area (Å²) < 4.78 is 45.9. The van der Waals surface area contributed by atoms with Crippen LogP contribution in [0.25, 0.3) is 98.8 Å². The van der Waals surface area contributed by atoms with Gasteiger partial charge in [0, 0.05) is 38.7 Å². The van der Waals surface area contributed by atoms with Crippen LogP contribution in [0.5, 0.6) is 0 Å². The molecule has 12 rings (SSSR count). The van der Waals surface area contributed by atoms with Gasteiger partial charge in [0.25, 0.3) is 0 Å². The molecule has 2 nitrogen and oxygen atoms in total. The standard InChI is InChI=1S/C60H39NO/c1-2-15-45-38-47(27-26-40(45)12-1)42-30-35-50(36-31-42)61(49-33-28-41(29-34-49)46-17-9-18-48(39-46)52-22-10-16-43-13-3-5-19-51(43)52)58-25-8-7-21-54(58)55-23-11-24-56-57-37-32-44-14-4-6-20-53(44)59(57)62-60(55)56/h1-39H/i28D,29D,33D,34D. The third-order valence-corrected chi connectivity index (χ3v) is 12.1. The SMILES string of the molecule is [2H]c1c([2H])c(N(c2ccc(-c3ccc4ccccc4c3)cc2)c2ccccc2-c2cccc3c2oc2c4ccccc4ccc32)c([2H])c([2H])c1-c1cccc(-c2cccc3ccccc23)c1. The van der Waals surface area contributed by atoms with Gasteiger partial charge in [0.2, 0.25) is 0 Å². The highest BCUT2D eigenvalue weighted by Gasteiger charge is 2.21. The molecular weight excluding hydrogens is 751 g/mol. The molecule has 11 aromatic carbocycles. The van der Waals surface area contributed by atoms with Crippen molar-refractivity contribution in [1.82, 2.24) is 0 Å². The summed E-state index contributed by atoms with van der Waals surface area (Å²) in [6, 6.07) is 71.2. The Balaban J connectivity index is 1.05. The molecule has 1 aromatic heterocycles. The van der Waals surface area contributed by atoms with E-state index in [0.717, 1.165) is 82.3 Å². The molecule has 0 bridgehead atoms. The number of anilines is 3. The second-order valence-electron chi connectivity index (χ2n) is 15.7. The topological polar surface area (TPSA) is 16.4 Å². The molecule has 0 spiro atoms. The summed E-state index contributed by atoms with van der Waals surface area (Å²) in [6.45, 7) is 0. The number of furan rings is 1. The Bertz CT molecular complexity index is 3860. The van der Waals surface area contributed by atoms with Crippen LogP contribution in [-0.4, -0.2) is 0 Å². The zero-order valence-electron chi connectivity index (χ0n) is 37.6. The summed E-state index contributed by atoms with van der Waals surface area (Å²) in [4.78, 5) is 1.88. The van der Waals surface area contributed by atoms with Gasteiger partial charge in [0.1, 0.15) is 11.2 Å². The molecule has 0 saturated heterocycles. The molecule has 12 aromatic rings. The van der Waals surface area contributed by atoms with E-state index in [-0.39, 0.29) is 35.4 Å². The number of hydrogen-bond acceptors (Lipinski definition) is 2. The lowest BCUT2D eigenvalue weighted by Gasteiger charge is -2.28. The van der Waals surface area contributed by atoms with Crippen molar-refractivity contribution in [2.75, 3.05) is 4.90 Å². The van der Waals surface area contributed by atoms with Gasteiger partial charge in [-0.1, -0.05) is 188 Å². The predicted octanol–water partition coefficient (Wildman–Crippen LogP) is 17.2. The summed E-state index contributed by atoms with van der Waals surface area (Å²) in [6.07, 6.45) is 0. The van der Waals surface area contributed by atoms with Gasteiger partial charge < -0.3 is 9.32 Å². The van der Waals surface area contributed by atoms with Gasteiger partial charge in [-0.05, 0) is 109 Å². The molecule has 0 amide bonds. The maximum absolute atomic E-state index is 9.84. The first-order valence-corrected chi connectivity index (χ1v) is 20.9. The van der Waals surface area contributed by atoms with Crippen molar-refractivity contribution in [2.45, 2.75) is 0 Å². The molecule has 0 atom stereocenters. The van der Waals surface area contributed by atoms with Crippen LogP contribution >= 0.6 is 0 Å². The number of nitrogens with zero attached hydrogens (tertiary/aromatic N) is 1. The quantitative estimate of drug-likeness (QED) is 0.160. The molecule has 62 heavy (non-hydrogen) atoms. The number of benzene rings is 11. The fraction of sp³-hybridized carbons (Fsp3) is 0. The van der Waals surface area contributed by atoms with Crippen LogP contribution in [0.3, 0.4) is 0 Å². The van der Waals surface area contributed by atoms with Crippen LogP contribution in [0.2, 0.25) is 0 Å². The summed E-state index contributed by atoms with van der Waals surface area (Å²) in [5.74, 6) is 0. The van der Waals surface area contributed by atoms with E-state index in [1.807, 2.05) is 120 Å². The van der Waals surface area contributed by atoms with Gasteiger partial charge in [-0.3, -0.25) is 0 Å². The smallest absolute Gasteiger partial charge is 0.143 e. The first-order chi connectivity index (χ1) is 32.4. The van der Waals surface area contributed by atoms with E-state index in [9.17, 15) is 5.48 Å². The highest BCUT2D eigenvalue weighted by atomic mass is 16.3. The van der Waals surface area contributed by atoms with Crippen LogP contribution in [0.4, 0.5) is 17.1 Å². The van der Waals surface area contributed by atoms with Crippen molar-refractivity contribution >= 4 is 71.3 Å². The molecule has 290 valence electrons. The van der Waals surface area contributed by atoms with Crippen molar-refractivity contribution < 1.29 is 9.90 Å². The molecule has 0 unspecified atom stereocenters. The van der Waals surface area contributed by atoms with Crippen molar-refractivity contribution in [3.8, 4) is 44.5 Å². The Morgan fingerprint density at radius 3 is 1.73 bits per heavy atom. The van der Waals surface area contributed by atoms with E-state index in [1.54, 1.807) is 0 Å². The number of hydrogen-bond donors (Lipinski definition) is 0. The molecule has 0 fully saturated rings. The second kappa shape index (κ2) is 14.8. The first kappa shape index (κ1) is 31.7. The first-order valence-electron chi connectivity index (χ1n) is 22.9. The molecule has 0 aliphatic carbocycles. The third-order valence-electron chi connectivity index (χ3n) is 12.1. The predicted molar refractivity (Wildman–Crippen MR) is 263 cm³/mol. The van der Waals surface area contributed by atoms with Crippen LogP contribution in [0.1, 0.15) is 5.48 Å². The molecule has 0 aliphatic rings. The lowest BCUT2D eigenvalue weighted by atomic mass is 9.95. The minimum Gasteiger partial charge on any atom is -0.455 e. The van der Waals surface area contributed by atoms with Gasteiger partial charge >= 0.3 is 0 Å². The molecule has 0 N–H and O–H groups in total. The van der Waals surface area contributed by atoms with E-state index >= 15 is 0 Å². The minimum absolute atomic E-state index is 0.123. The lowest BCUT2D eigenvalue weighted by molar-refractivity contribution is 0.674. The maximum atomic E-state index is 9.84. The van der Waals surface area contributed by atoms with Gasteiger partial charge in [-0.2, -0.15) is 0 Å². The van der Waals surface area contributed by atoms with E-state index < -0.39 is 0 Å². The van der Waals surface area contributed by atoms with Crippen molar-refractivity contribution in [3.63, 3.8) is 0 Å². The average Bonchev–Trinajstić information content (AvgIpc) is 3.77. The van der Waals surface area contributed by atoms with Gasteiger partial charge in [0.15, 0.2) is 0 Å². The van der Waals surface area contributed by atoms with Gasteiger partial charge in [0.05, 0.1) is 11.2 Å². The van der Waals surface area contributed by atoms with Crippen molar-refractivity contribution in [1.29, 1.82) is 0 Å². The van der Waals surface area contributed by atoms with Gasteiger partial charge in [-0.25, -0.2) is 0 Å². The molecule has 1 heterocycles. The third kappa shape index (κ3) is 6.12. The molecule has 2 heteroatoms. The largest absolute Gasteiger partial charge is 0.455 e. The fourth-order valence-electron chi connectivity index (χ4n) is 9.08. The zero-order chi connectivity index (χ0) is 44.5. The number of fused-ring (bicyclic) bond motifs is 7. The summed E-state index contributed by atoms with van der Waals surface area (Å²) in [5.41, 5.74) is 9.60. The van der Waals surface area contributed by atoms with Crippen LogP contribution in [0, 0.1) is 0 Å². The monoisotopic (exact) mass is 793 g/mol. The average molecular weight is 794 g/mol. The van der Waals surface area contributed by atoms with Crippen molar-refractivity contribution in [3.05, 3.63) is 236 Å². The van der Waals surface area contributed by atoms with Crippen molar-refractivity contribution in [2.24, 2.45) is 0 Å². The fourth-order valence-corrected chi connectivity index (χ4v) is 9.08. The zero-order valence-corrected chi connectivity index (χ0v) is 33.6. The number of para-hydroxylation sites is 2. The van der Waals surface area contributed by atoms with Crippen LogP contribution in [-0.2, 0) is 0 Å². The van der Waals surface area contributed by atoms with E-state index in [2.05, 4.69) is 97.1 Å². The summed E-state index contributed by atoms with van der Waals surface area (Å²) >= 11 is 0. The minimum atomic E-state index is -0.150. The molecule has 0 radical (unpaired) electrons.